The smallest absolute Gasteiger partial charge is 0.243 e. The van der Waals surface area contributed by atoms with Crippen LogP contribution < -0.4 is 10.1 Å². The van der Waals surface area contributed by atoms with Gasteiger partial charge in [0.2, 0.25) is 10.0 Å². The molecule has 1 unspecified atom stereocenters. The first-order chi connectivity index (χ1) is 11.5. The summed E-state index contributed by atoms with van der Waals surface area (Å²) in [6.07, 6.45) is 2.29. The predicted molar refractivity (Wildman–Crippen MR) is 95.2 cm³/mol. The molecule has 2 heterocycles. The number of likely N-dealkylation sites (N-methyl/N-ethyl adjacent to an activating group) is 1. The number of nitrogens with one attached hydrogen (secondary N) is 1. The molecule has 0 bridgehead atoms. The number of aryl methyl sites for hydroxylation is 1. The molecule has 0 amide bonds. The van der Waals surface area contributed by atoms with Gasteiger partial charge in [0.15, 0.2) is 5.82 Å². The van der Waals surface area contributed by atoms with Gasteiger partial charge in [0, 0.05) is 26.7 Å². The fraction of sp³-hybridized carbons (Fsp3) is 0.467. The fourth-order valence-electron chi connectivity index (χ4n) is 2.62. The first kappa shape index (κ1) is 19.6. The molecule has 0 saturated carbocycles. The Hall–Kier alpha value is -1.68. The summed E-state index contributed by atoms with van der Waals surface area (Å²) in [5.41, 5.74) is 0. The number of sulfonamides is 1. The SMILES string of the molecule is CN(C1CCNC1)S(=O)(=O)c1ccc(OCc2ncnn2C)cc1.Cl. The van der Waals surface area contributed by atoms with E-state index in [1.165, 1.54) is 10.6 Å². The van der Waals surface area contributed by atoms with Gasteiger partial charge in [-0.1, -0.05) is 0 Å². The lowest BCUT2D eigenvalue weighted by molar-refractivity contribution is 0.289. The number of nitrogens with zero attached hydrogens (tertiary/aromatic N) is 4. The van der Waals surface area contributed by atoms with Crippen molar-refractivity contribution in [1.82, 2.24) is 24.4 Å². The van der Waals surface area contributed by atoms with Crippen molar-refractivity contribution in [1.29, 1.82) is 0 Å². The van der Waals surface area contributed by atoms with Crippen LogP contribution >= 0.6 is 12.4 Å². The molecule has 1 aromatic heterocycles. The van der Waals surface area contributed by atoms with Crippen molar-refractivity contribution in [3.05, 3.63) is 36.4 Å². The van der Waals surface area contributed by atoms with Gasteiger partial charge in [-0.2, -0.15) is 9.40 Å². The molecule has 0 spiro atoms. The Morgan fingerprint density at radius 1 is 1.36 bits per heavy atom. The largest absolute Gasteiger partial charge is 0.486 e. The first-order valence-electron chi connectivity index (χ1n) is 7.73. The number of ether oxygens (including phenoxy) is 1. The van der Waals surface area contributed by atoms with Crippen LogP contribution in [0.25, 0.3) is 0 Å². The molecule has 1 N–H and O–H groups in total. The zero-order valence-corrected chi connectivity index (χ0v) is 15.8. The molecule has 1 aliphatic rings. The second-order valence-electron chi connectivity index (χ2n) is 5.73. The summed E-state index contributed by atoms with van der Waals surface area (Å²) >= 11 is 0. The maximum atomic E-state index is 12.7. The number of benzene rings is 1. The van der Waals surface area contributed by atoms with Gasteiger partial charge < -0.3 is 10.1 Å². The van der Waals surface area contributed by atoms with Gasteiger partial charge in [0.05, 0.1) is 4.90 Å². The predicted octanol–water partition coefficient (Wildman–Crippen LogP) is 0.798. The lowest BCUT2D eigenvalue weighted by Gasteiger charge is -2.23. The molecule has 138 valence electrons. The molecule has 1 aromatic carbocycles. The van der Waals surface area contributed by atoms with Crippen molar-refractivity contribution in [2.45, 2.75) is 24.0 Å². The summed E-state index contributed by atoms with van der Waals surface area (Å²) in [5.74, 6) is 1.28. The Morgan fingerprint density at radius 3 is 2.64 bits per heavy atom. The Labute approximate surface area is 153 Å². The topological polar surface area (TPSA) is 89.3 Å². The van der Waals surface area contributed by atoms with Crippen LogP contribution in [-0.4, -0.2) is 53.7 Å². The minimum absolute atomic E-state index is 0. The van der Waals surface area contributed by atoms with Crippen molar-refractivity contribution in [2.75, 3.05) is 20.1 Å². The van der Waals surface area contributed by atoms with E-state index < -0.39 is 10.0 Å². The normalized spacial score (nSPS) is 17.5. The number of hydrogen-bond donors (Lipinski definition) is 1. The molecule has 1 atom stereocenters. The lowest BCUT2D eigenvalue weighted by atomic mass is 10.3. The molecule has 1 fully saturated rings. The van der Waals surface area contributed by atoms with Crippen LogP contribution in [0.4, 0.5) is 0 Å². The Morgan fingerprint density at radius 2 is 2.08 bits per heavy atom. The quantitative estimate of drug-likeness (QED) is 0.788. The summed E-state index contributed by atoms with van der Waals surface area (Å²) in [5, 5.41) is 7.15. The van der Waals surface area contributed by atoms with Crippen LogP contribution in [0.5, 0.6) is 5.75 Å². The third-order valence-corrected chi connectivity index (χ3v) is 6.15. The third kappa shape index (κ3) is 4.30. The summed E-state index contributed by atoms with van der Waals surface area (Å²) < 4.78 is 34.0. The molecule has 0 aliphatic carbocycles. The van der Waals surface area contributed by atoms with E-state index in [0.717, 1.165) is 13.0 Å². The average molecular weight is 388 g/mol. The number of halogens is 1. The number of rotatable bonds is 6. The van der Waals surface area contributed by atoms with Gasteiger partial charge in [-0.3, -0.25) is 4.68 Å². The standard InChI is InChI=1S/C15H21N5O3S.ClH/c1-19-15(17-11-18-19)10-23-13-3-5-14(6-4-13)24(21,22)20(2)12-7-8-16-9-12;/h3-6,11-12,16H,7-10H2,1-2H3;1H. The van der Waals surface area contributed by atoms with Gasteiger partial charge in [-0.15, -0.1) is 12.4 Å². The summed E-state index contributed by atoms with van der Waals surface area (Å²) in [7, 11) is -0.0755. The van der Waals surface area contributed by atoms with Gasteiger partial charge in [-0.25, -0.2) is 13.4 Å². The third-order valence-electron chi connectivity index (χ3n) is 4.22. The van der Waals surface area contributed by atoms with Gasteiger partial charge in [-0.05, 0) is 37.2 Å². The molecule has 0 radical (unpaired) electrons. The van der Waals surface area contributed by atoms with Crippen molar-refractivity contribution in [2.24, 2.45) is 7.05 Å². The van der Waals surface area contributed by atoms with E-state index in [1.54, 1.807) is 43.0 Å². The van der Waals surface area contributed by atoms with E-state index in [2.05, 4.69) is 15.4 Å². The molecule has 10 heteroatoms. The van der Waals surface area contributed by atoms with Gasteiger partial charge >= 0.3 is 0 Å². The van der Waals surface area contributed by atoms with E-state index in [-0.39, 0.29) is 30.0 Å². The summed E-state index contributed by atoms with van der Waals surface area (Å²) in [4.78, 5) is 4.34. The molecular formula is C15H22ClN5O3S. The zero-order chi connectivity index (χ0) is 17.2. The maximum absolute atomic E-state index is 12.7. The molecule has 2 aromatic rings. The van der Waals surface area contributed by atoms with Crippen molar-refractivity contribution in [3.8, 4) is 5.75 Å². The Bertz CT molecular complexity index is 788. The van der Waals surface area contributed by atoms with E-state index in [9.17, 15) is 8.42 Å². The lowest BCUT2D eigenvalue weighted by Crippen LogP contribution is -2.38. The van der Waals surface area contributed by atoms with Crippen molar-refractivity contribution < 1.29 is 13.2 Å². The van der Waals surface area contributed by atoms with E-state index in [0.29, 0.717) is 18.1 Å². The van der Waals surface area contributed by atoms with E-state index in [1.807, 2.05) is 0 Å². The molecule has 1 aliphatic heterocycles. The van der Waals surface area contributed by atoms with Crippen LogP contribution in [0, 0.1) is 0 Å². The van der Waals surface area contributed by atoms with Crippen LogP contribution in [0.1, 0.15) is 12.2 Å². The zero-order valence-electron chi connectivity index (χ0n) is 14.1. The minimum Gasteiger partial charge on any atom is -0.486 e. The Balaban J connectivity index is 0.00000225. The molecule has 3 rings (SSSR count). The highest BCUT2D eigenvalue weighted by molar-refractivity contribution is 7.89. The Kier molecular flexibility index (Phi) is 6.39. The monoisotopic (exact) mass is 387 g/mol. The molecule has 1 saturated heterocycles. The maximum Gasteiger partial charge on any atom is 0.243 e. The number of hydrogen-bond acceptors (Lipinski definition) is 6. The molecule has 8 nitrogen and oxygen atoms in total. The number of aromatic nitrogens is 3. The van der Waals surface area contributed by atoms with Crippen LogP contribution in [0.15, 0.2) is 35.5 Å². The summed E-state index contributed by atoms with van der Waals surface area (Å²) in [6, 6.07) is 6.45. The van der Waals surface area contributed by atoms with Gasteiger partial charge in [0.1, 0.15) is 18.7 Å². The molecule has 25 heavy (non-hydrogen) atoms. The molecular weight excluding hydrogens is 366 g/mol. The van der Waals surface area contributed by atoms with Crippen LogP contribution in [0.2, 0.25) is 0 Å². The van der Waals surface area contributed by atoms with Crippen LogP contribution in [-0.2, 0) is 23.7 Å². The average Bonchev–Trinajstić information content (AvgIpc) is 3.24. The minimum atomic E-state index is -3.49. The van der Waals surface area contributed by atoms with E-state index in [4.69, 9.17) is 4.74 Å². The van der Waals surface area contributed by atoms with E-state index >= 15 is 0 Å². The van der Waals surface area contributed by atoms with Crippen LogP contribution in [0.3, 0.4) is 0 Å². The fourth-order valence-corrected chi connectivity index (χ4v) is 4.00. The second-order valence-corrected chi connectivity index (χ2v) is 7.73. The second kappa shape index (κ2) is 8.13. The van der Waals surface area contributed by atoms with Gasteiger partial charge in [0.25, 0.3) is 0 Å². The van der Waals surface area contributed by atoms with Crippen molar-refractivity contribution in [3.63, 3.8) is 0 Å². The highest BCUT2D eigenvalue weighted by Crippen LogP contribution is 2.22. The van der Waals surface area contributed by atoms with Crippen molar-refractivity contribution >= 4 is 22.4 Å². The summed E-state index contributed by atoms with van der Waals surface area (Å²) in [6.45, 7) is 1.81. The highest BCUT2D eigenvalue weighted by atomic mass is 35.5. The first-order valence-corrected chi connectivity index (χ1v) is 9.17. The highest BCUT2D eigenvalue weighted by Gasteiger charge is 2.29.